The van der Waals surface area contributed by atoms with Crippen LogP contribution < -0.4 is 10.1 Å². The number of esters is 1. The van der Waals surface area contributed by atoms with Gasteiger partial charge in [-0.1, -0.05) is 12.1 Å². The molecule has 5 nitrogen and oxygen atoms in total. The summed E-state index contributed by atoms with van der Waals surface area (Å²) in [6, 6.07) is 5.99. The van der Waals surface area contributed by atoms with Crippen LogP contribution in [-0.4, -0.2) is 32.1 Å². The minimum absolute atomic E-state index is 0.0376. The zero-order valence-corrected chi connectivity index (χ0v) is 14.2. The maximum absolute atomic E-state index is 12.2. The van der Waals surface area contributed by atoms with Gasteiger partial charge in [0.25, 0.3) is 0 Å². The topological polar surface area (TPSA) is 64.6 Å². The van der Waals surface area contributed by atoms with E-state index in [-0.39, 0.29) is 17.8 Å². The Kier molecular flexibility index (Phi) is 5.38. The number of ether oxygens (including phenoxy) is 2. The van der Waals surface area contributed by atoms with Crippen molar-refractivity contribution in [1.82, 2.24) is 5.32 Å². The van der Waals surface area contributed by atoms with Gasteiger partial charge in [-0.2, -0.15) is 0 Å². The molecule has 130 valence electrons. The molecule has 24 heavy (non-hydrogen) atoms. The van der Waals surface area contributed by atoms with E-state index in [1.165, 1.54) is 12.7 Å². The third kappa shape index (κ3) is 4.08. The molecule has 1 aromatic rings. The zero-order chi connectivity index (χ0) is 16.9. The highest BCUT2D eigenvalue weighted by Gasteiger charge is 2.27. The van der Waals surface area contributed by atoms with Gasteiger partial charge in [-0.25, -0.2) is 0 Å². The summed E-state index contributed by atoms with van der Waals surface area (Å²) < 4.78 is 10.3. The van der Waals surface area contributed by atoms with E-state index in [2.05, 4.69) is 11.4 Å². The molecular formula is C19H25NO4. The van der Waals surface area contributed by atoms with E-state index in [0.717, 1.165) is 50.0 Å². The summed E-state index contributed by atoms with van der Waals surface area (Å²) in [6.45, 7) is 1.43. The van der Waals surface area contributed by atoms with Crippen molar-refractivity contribution in [2.24, 2.45) is 11.8 Å². The lowest BCUT2D eigenvalue weighted by molar-refractivity contribution is -0.146. The Labute approximate surface area is 142 Å². The highest BCUT2D eigenvalue weighted by atomic mass is 16.5. The number of carbonyl (C=O) groups excluding carboxylic acids is 2. The first-order valence-electron chi connectivity index (χ1n) is 8.75. The molecule has 1 saturated carbocycles. The summed E-state index contributed by atoms with van der Waals surface area (Å²) in [6.07, 6.45) is 4.99. The Hall–Kier alpha value is -2.04. The second-order valence-electron chi connectivity index (χ2n) is 6.76. The van der Waals surface area contributed by atoms with Gasteiger partial charge in [0.2, 0.25) is 5.91 Å². The number of nitrogens with one attached hydrogen (secondary N) is 1. The number of rotatable bonds is 5. The monoisotopic (exact) mass is 331 g/mol. The summed E-state index contributed by atoms with van der Waals surface area (Å²) in [5, 5.41) is 3.04. The fourth-order valence-corrected chi connectivity index (χ4v) is 3.62. The first kappa shape index (κ1) is 16.8. The number of benzene rings is 1. The lowest BCUT2D eigenvalue weighted by Crippen LogP contribution is -2.33. The molecule has 1 amide bonds. The van der Waals surface area contributed by atoms with Crippen molar-refractivity contribution < 1.29 is 19.1 Å². The molecule has 2 aliphatic rings. The molecule has 0 aromatic heterocycles. The molecule has 0 spiro atoms. The standard InChI is InChI=1S/C19H25NO4/c1-23-19(22)15-5-2-13(3-6-15)12-20-18(21)11-14-4-7-17-16(10-14)8-9-24-17/h4,7,10,13,15H,2-3,5-6,8-9,11-12H2,1H3,(H,20,21). The van der Waals surface area contributed by atoms with Crippen LogP contribution in [0.1, 0.15) is 36.8 Å². The van der Waals surface area contributed by atoms with Gasteiger partial charge in [0.15, 0.2) is 0 Å². The van der Waals surface area contributed by atoms with Crippen LogP contribution in [0, 0.1) is 11.8 Å². The SMILES string of the molecule is COC(=O)C1CCC(CNC(=O)Cc2ccc3c(c2)CCO3)CC1. The largest absolute Gasteiger partial charge is 0.493 e. The molecule has 1 N–H and O–H groups in total. The van der Waals surface area contributed by atoms with Gasteiger partial charge in [0, 0.05) is 13.0 Å². The van der Waals surface area contributed by atoms with Crippen molar-refractivity contribution in [3.8, 4) is 5.75 Å². The first-order chi connectivity index (χ1) is 11.7. The first-order valence-corrected chi connectivity index (χ1v) is 8.75. The zero-order valence-electron chi connectivity index (χ0n) is 14.2. The maximum atomic E-state index is 12.2. The Morgan fingerprint density at radius 3 is 2.79 bits per heavy atom. The van der Waals surface area contributed by atoms with Gasteiger partial charge in [-0.05, 0) is 48.8 Å². The highest BCUT2D eigenvalue weighted by Crippen LogP contribution is 2.29. The normalized spacial score (nSPS) is 22.4. The van der Waals surface area contributed by atoms with E-state index in [9.17, 15) is 9.59 Å². The molecule has 0 saturated heterocycles. The van der Waals surface area contributed by atoms with Crippen LogP contribution in [0.4, 0.5) is 0 Å². The van der Waals surface area contributed by atoms with Crippen LogP contribution in [-0.2, 0) is 27.2 Å². The van der Waals surface area contributed by atoms with Crippen LogP contribution in [0.5, 0.6) is 5.75 Å². The summed E-state index contributed by atoms with van der Waals surface area (Å²) in [4.78, 5) is 23.7. The molecule has 0 unspecified atom stereocenters. The molecule has 1 aliphatic heterocycles. The summed E-state index contributed by atoms with van der Waals surface area (Å²) in [5.41, 5.74) is 2.23. The van der Waals surface area contributed by atoms with Gasteiger partial charge in [-0.15, -0.1) is 0 Å². The Bertz CT molecular complexity index is 605. The minimum atomic E-state index is -0.0990. The van der Waals surface area contributed by atoms with E-state index in [4.69, 9.17) is 9.47 Å². The molecular weight excluding hydrogens is 306 g/mol. The van der Waals surface area contributed by atoms with Crippen LogP contribution >= 0.6 is 0 Å². The van der Waals surface area contributed by atoms with Crippen molar-refractivity contribution in [3.63, 3.8) is 0 Å². The quantitative estimate of drug-likeness (QED) is 0.841. The van der Waals surface area contributed by atoms with Gasteiger partial charge in [0.05, 0.1) is 26.1 Å². The van der Waals surface area contributed by atoms with E-state index in [1.807, 2.05) is 12.1 Å². The van der Waals surface area contributed by atoms with Gasteiger partial charge in [0.1, 0.15) is 5.75 Å². The molecule has 5 heteroatoms. The predicted molar refractivity (Wildman–Crippen MR) is 89.8 cm³/mol. The smallest absolute Gasteiger partial charge is 0.308 e. The third-order valence-electron chi connectivity index (χ3n) is 5.09. The molecule has 0 atom stereocenters. The Morgan fingerprint density at radius 1 is 1.25 bits per heavy atom. The van der Waals surface area contributed by atoms with E-state index in [1.54, 1.807) is 0 Å². The van der Waals surface area contributed by atoms with Crippen molar-refractivity contribution in [2.75, 3.05) is 20.3 Å². The number of fused-ring (bicyclic) bond motifs is 1. The predicted octanol–water partition coefficient (Wildman–Crippen LogP) is 2.26. The number of hydrogen-bond acceptors (Lipinski definition) is 4. The van der Waals surface area contributed by atoms with Crippen molar-refractivity contribution in [2.45, 2.75) is 38.5 Å². The Balaban J connectivity index is 1.41. The number of amides is 1. The van der Waals surface area contributed by atoms with Crippen molar-refractivity contribution in [1.29, 1.82) is 0 Å². The highest BCUT2D eigenvalue weighted by molar-refractivity contribution is 5.78. The average Bonchev–Trinajstić information content (AvgIpc) is 3.07. The summed E-state index contributed by atoms with van der Waals surface area (Å²) >= 11 is 0. The molecule has 1 heterocycles. The second kappa shape index (κ2) is 7.69. The van der Waals surface area contributed by atoms with Crippen LogP contribution in [0.25, 0.3) is 0 Å². The molecule has 3 rings (SSSR count). The number of methoxy groups -OCH3 is 1. The average molecular weight is 331 g/mol. The number of hydrogen-bond donors (Lipinski definition) is 1. The van der Waals surface area contributed by atoms with Crippen molar-refractivity contribution in [3.05, 3.63) is 29.3 Å². The van der Waals surface area contributed by atoms with Crippen molar-refractivity contribution >= 4 is 11.9 Å². The van der Waals surface area contributed by atoms with E-state index >= 15 is 0 Å². The lowest BCUT2D eigenvalue weighted by atomic mass is 9.82. The summed E-state index contributed by atoms with van der Waals surface area (Å²) in [5.74, 6) is 1.41. The third-order valence-corrected chi connectivity index (χ3v) is 5.09. The minimum Gasteiger partial charge on any atom is -0.493 e. The molecule has 1 aromatic carbocycles. The number of carbonyl (C=O) groups is 2. The van der Waals surface area contributed by atoms with E-state index in [0.29, 0.717) is 18.9 Å². The lowest BCUT2D eigenvalue weighted by Gasteiger charge is -2.27. The fourth-order valence-electron chi connectivity index (χ4n) is 3.62. The molecule has 0 radical (unpaired) electrons. The molecule has 0 bridgehead atoms. The molecule has 1 fully saturated rings. The second-order valence-corrected chi connectivity index (χ2v) is 6.76. The molecule has 1 aliphatic carbocycles. The summed E-state index contributed by atoms with van der Waals surface area (Å²) in [7, 11) is 1.44. The van der Waals surface area contributed by atoms with E-state index < -0.39 is 0 Å². The van der Waals surface area contributed by atoms with Crippen LogP contribution in [0.15, 0.2) is 18.2 Å². The van der Waals surface area contributed by atoms with Gasteiger partial charge >= 0.3 is 5.97 Å². The van der Waals surface area contributed by atoms with Crippen LogP contribution in [0.2, 0.25) is 0 Å². The van der Waals surface area contributed by atoms with Gasteiger partial charge in [-0.3, -0.25) is 9.59 Å². The Morgan fingerprint density at radius 2 is 2.04 bits per heavy atom. The fraction of sp³-hybridized carbons (Fsp3) is 0.579. The maximum Gasteiger partial charge on any atom is 0.308 e. The van der Waals surface area contributed by atoms with Crippen LogP contribution in [0.3, 0.4) is 0 Å². The van der Waals surface area contributed by atoms with Gasteiger partial charge < -0.3 is 14.8 Å².